The Hall–Kier alpha value is -2.96. The van der Waals surface area contributed by atoms with E-state index in [9.17, 15) is 39.6 Å². The van der Waals surface area contributed by atoms with Crippen LogP contribution in [0.5, 0.6) is 5.75 Å². The van der Waals surface area contributed by atoms with Gasteiger partial charge in [0.15, 0.2) is 0 Å². The first-order valence-electron chi connectivity index (χ1n) is 7.91. The molecule has 0 spiro atoms. The number of alkyl halides is 6. The van der Waals surface area contributed by atoms with Crippen molar-refractivity contribution in [1.82, 2.24) is 0 Å². The van der Waals surface area contributed by atoms with E-state index in [2.05, 4.69) is 5.32 Å². The molecule has 0 aliphatic rings. The average Bonchev–Trinajstić information content (AvgIpc) is 2.59. The van der Waals surface area contributed by atoms with Gasteiger partial charge in [-0.05, 0) is 36.4 Å². The molecule has 0 saturated heterocycles. The van der Waals surface area contributed by atoms with Crippen molar-refractivity contribution in [2.75, 3.05) is 17.1 Å². The Morgan fingerprint density at radius 3 is 1.90 bits per heavy atom. The van der Waals surface area contributed by atoms with Crippen molar-refractivity contribution in [3.63, 3.8) is 0 Å². The molecule has 0 unspecified atom stereocenters. The zero-order valence-corrected chi connectivity index (χ0v) is 16.1. The van der Waals surface area contributed by atoms with Gasteiger partial charge in [0.2, 0.25) is 5.91 Å². The maximum absolute atomic E-state index is 13.0. The van der Waals surface area contributed by atoms with Gasteiger partial charge in [-0.15, -0.1) is 0 Å². The molecule has 2 aromatic carbocycles. The summed E-state index contributed by atoms with van der Waals surface area (Å²) in [5.74, 6) is -0.586. The maximum atomic E-state index is 13.0. The van der Waals surface area contributed by atoms with E-state index in [0.29, 0.717) is 0 Å². The van der Waals surface area contributed by atoms with Crippen molar-refractivity contribution in [2.45, 2.75) is 24.2 Å². The molecule has 2 N–H and O–H groups in total. The van der Waals surface area contributed by atoms with E-state index in [1.807, 2.05) is 4.72 Å². The minimum atomic E-state index is -5.21. The molecule has 6 nitrogen and oxygen atoms in total. The highest BCUT2D eigenvalue weighted by atomic mass is 32.2. The van der Waals surface area contributed by atoms with Crippen molar-refractivity contribution < 1.29 is 44.3 Å². The fraction of sp³-hybridized carbons (Fsp3) is 0.235. The third-order valence-corrected chi connectivity index (χ3v) is 4.98. The lowest BCUT2D eigenvalue weighted by Gasteiger charge is -2.16. The molecule has 0 radical (unpaired) electrons. The van der Waals surface area contributed by atoms with E-state index < -0.39 is 44.3 Å². The quantitative estimate of drug-likeness (QED) is 0.650. The molecule has 2 aromatic rings. The zero-order valence-electron chi connectivity index (χ0n) is 15.3. The van der Waals surface area contributed by atoms with Crippen LogP contribution in [-0.4, -0.2) is 21.4 Å². The van der Waals surface area contributed by atoms with Gasteiger partial charge in [-0.1, -0.05) is 0 Å². The van der Waals surface area contributed by atoms with Gasteiger partial charge >= 0.3 is 12.4 Å². The number of halogens is 6. The number of amides is 1. The number of rotatable bonds is 5. The summed E-state index contributed by atoms with van der Waals surface area (Å²) in [6.07, 6.45) is -10.4. The van der Waals surface area contributed by atoms with Crippen molar-refractivity contribution in [1.29, 1.82) is 0 Å². The van der Waals surface area contributed by atoms with E-state index in [4.69, 9.17) is 4.74 Å². The molecule has 0 bridgehead atoms. The van der Waals surface area contributed by atoms with Gasteiger partial charge in [-0.2, -0.15) is 26.3 Å². The molecular weight excluding hydrogens is 442 g/mol. The second-order valence-electron chi connectivity index (χ2n) is 5.94. The Bertz CT molecular complexity index is 1030. The molecule has 0 heterocycles. The number of sulfonamides is 1. The molecule has 164 valence electrons. The number of ether oxygens (including phenoxy) is 1. The van der Waals surface area contributed by atoms with Crippen molar-refractivity contribution in [2.24, 2.45) is 0 Å². The summed E-state index contributed by atoms with van der Waals surface area (Å²) >= 11 is 0. The van der Waals surface area contributed by atoms with Crippen LogP contribution in [-0.2, 0) is 27.2 Å². The molecule has 1 amide bonds. The Morgan fingerprint density at radius 1 is 0.933 bits per heavy atom. The van der Waals surface area contributed by atoms with Crippen LogP contribution in [0.4, 0.5) is 37.7 Å². The highest BCUT2D eigenvalue weighted by Crippen LogP contribution is 2.38. The van der Waals surface area contributed by atoms with Gasteiger partial charge < -0.3 is 10.1 Å². The van der Waals surface area contributed by atoms with E-state index in [1.165, 1.54) is 19.1 Å². The highest BCUT2D eigenvalue weighted by Gasteiger charge is 2.38. The molecule has 2 rings (SSSR count). The van der Waals surface area contributed by atoms with Crippen molar-refractivity contribution in [3.05, 3.63) is 47.5 Å². The fourth-order valence-electron chi connectivity index (χ4n) is 2.35. The van der Waals surface area contributed by atoms with Gasteiger partial charge in [0.25, 0.3) is 10.0 Å². The monoisotopic (exact) mass is 456 g/mol. The Morgan fingerprint density at radius 2 is 1.47 bits per heavy atom. The van der Waals surface area contributed by atoms with E-state index in [-0.39, 0.29) is 35.3 Å². The first kappa shape index (κ1) is 23.3. The smallest absolute Gasteiger partial charge is 0.416 e. The summed E-state index contributed by atoms with van der Waals surface area (Å²) in [5, 5.41) is 2.35. The number of hydrogen-bond donors (Lipinski definition) is 2. The number of carbonyl (C=O) groups excluding carboxylic acids is 1. The van der Waals surface area contributed by atoms with Crippen LogP contribution in [0.25, 0.3) is 0 Å². The van der Waals surface area contributed by atoms with Crippen LogP contribution in [0.3, 0.4) is 0 Å². The first-order chi connectivity index (χ1) is 13.6. The summed E-state index contributed by atoms with van der Waals surface area (Å²) in [6.45, 7) is 1.18. The molecule has 0 atom stereocenters. The van der Waals surface area contributed by atoms with E-state index in [0.717, 1.165) is 13.2 Å². The van der Waals surface area contributed by atoms with Gasteiger partial charge in [-0.3, -0.25) is 9.52 Å². The predicted octanol–water partition coefficient (Wildman–Crippen LogP) is 4.49. The third kappa shape index (κ3) is 5.55. The largest absolute Gasteiger partial charge is 0.495 e. The normalized spacial score (nSPS) is 12.4. The van der Waals surface area contributed by atoms with Crippen LogP contribution >= 0.6 is 0 Å². The molecular formula is C17H14F6N2O4S. The topological polar surface area (TPSA) is 84.5 Å². The third-order valence-electron chi connectivity index (χ3n) is 3.64. The van der Waals surface area contributed by atoms with Crippen LogP contribution in [0, 0.1) is 0 Å². The molecule has 0 aliphatic carbocycles. The van der Waals surface area contributed by atoms with Gasteiger partial charge in [0, 0.05) is 12.6 Å². The summed E-state index contributed by atoms with van der Waals surface area (Å²) in [4.78, 5) is 9.90. The van der Waals surface area contributed by atoms with Crippen LogP contribution in [0.15, 0.2) is 41.3 Å². The van der Waals surface area contributed by atoms with Gasteiger partial charge in [0.05, 0.1) is 28.8 Å². The Balaban J connectivity index is 2.58. The number of carbonyl (C=O) groups is 1. The van der Waals surface area contributed by atoms with Crippen LogP contribution in [0.1, 0.15) is 18.1 Å². The van der Waals surface area contributed by atoms with E-state index >= 15 is 0 Å². The average molecular weight is 456 g/mol. The lowest BCUT2D eigenvalue weighted by atomic mass is 10.1. The SMILES string of the molecule is COc1ccc(NC(C)=O)cc1NS(=O)(=O)c1cc(C(F)(F)F)cc(C(F)(F)F)c1. The minimum Gasteiger partial charge on any atom is -0.495 e. The number of hydrogen-bond acceptors (Lipinski definition) is 4. The number of anilines is 2. The molecule has 0 fully saturated rings. The van der Waals surface area contributed by atoms with Gasteiger partial charge in [0.1, 0.15) is 5.75 Å². The second kappa shape index (κ2) is 8.05. The van der Waals surface area contributed by atoms with E-state index in [1.54, 1.807) is 0 Å². The molecule has 0 saturated carbocycles. The van der Waals surface area contributed by atoms with Crippen molar-refractivity contribution in [3.8, 4) is 5.75 Å². The second-order valence-corrected chi connectivity index (χ2v) is 7.63. The first-order valence-corrected chi connectivity index (χ1v) is 9.40. The molecule has 0 aliphatic heterocycles. The number of methoxy groups -OCH3 is 1. The molecule has 13 heteroatoms. The summed E-state index contributed by atoms with van der Waals surface area (Å²) in [7, 11) is -3.74. The Labute approximate surface area is 166 Å². The fourth-order valence-corrected chi connectivity index (χ4v) is 3.49. The summed E-state index contributed by atoms with van der Waals surface area (Å²) in [5.41, 5.74) is -3.76. The highest BCUT2D eigenvalue weighted by molar-refractivity contribution is 7.92. The van der Waals surface area contributed by atoms with Crippen LogP contribution in [0.2, 0.25) is 0 Å². The Kier molecular flexibility index (Phi) is 6.26. The minimum absolute atomic E-state index is 0.0850. The summed E-state index contributed by atoms with van der Waals surface area (Å²) in [6, 6.07) is 3.68. The summed E-state index contributed by atoms with van der Waals surface area (Å²) < 4.78 is 110. The predicted molar refractivity (Wildman–Crippen MR) is 94.6 cm³/mol. The lowest BCUT2D eigenvalue weighted by Crippen LogP contribution is -2.18. The van der Waals surface area contributed by atoms with Gasteiger partial charge in [-0.25, -0.2) is 8.42 Å². The standard InChI is InChI=1S/C17H14F6N2O4S/c1-9(26)24-12-3-4-15(29-2)14(8-12)25-30(27,28)13-6-10(16(18,19)20)5-11(7-13)17(21,22)23/h3-8,25H,1-2H3,(H,24,26). The van der Waals surface area contributed by atoms with Crippen molar-refractivity contribution >= 4 is 27.3 Å². The molecule has 30 heavy (non-hydrogen) atoms. The maximum Gasteiger partial charge on any atom is 0.416 e. The molecule has 0 aromatic heterocycles. The number of benzene rings is 2. The zero-order chi connectivity index (χ0) is 22.9. The van der Waals surface area contributed by atoms with Crippen LogP contribution < -0.4 is 14.8 Å². The lowest BCUT2D eigenvalue weighted by molar-refractivity contribution is -0.143. The number of nitrogens with one attached hydrogen (secondary N) is 2.